The molecule has 2 aliphatic heterocycles. The monoisotopic (exact) mass is 308 g/mol. The van der Waals surface area contributed by atoms with E-state index in [-0.39, 0.29) is 23.7 Å². The summed E-state index contributed by atoms with van der Waals surface area (Å²) in [4.78, 5) is 17.2. The van der Waals surface area contributed by atoms with Gasteiger partial charge in [0.05, 0.1) is 32.5 Å². The minimum Gasteiger partial charge on any atom is -0.376 e. The Labute approximate surface area is 128 Å². The predicted molar refractivity (Wildman–Crippen MR) is 79.2 cm³/mol. The molecule has 1 aromatic rings. The summed E-state index contributed by atoms with van der Waals surface area (Å²) in [6, 6.07) is 4.24. The van der Waals surface area contributed by atoms with Crippen molar-refractivity contribution in [3.63, 3.8) is 0 Å². The van der Waals surface area contributed by atoms with Gasteiger partial charge in [0.2, 0.25) is 5.91 Å². The molecule has 1 spiro atoms. The van der Waals surface area contributed by atoms with E-state index in [9.17, 15) is 4.79 Å². The summed E-state index contributed by atoms with van der Waals surface area (Å²) in [7, 11) is 0. The van der Waals surface area contributed by atoms with Gasteiger partial charge in [0.15, 0.2) is 0 Å². The lowest BCUT2D eigenvalue weighted by Gasteiger charge is -2.30. The molecule has 3 aliphatic rings. The highest BCUT2D eigenvalue weighted by Gasteiger charge is 2.59. The van der Waals surface area contributed by atoms with Crippen molar-refractivity contribution in [3.8, 4) is 0 Å². The van der Waals surface area contributed by atoms with Crippen LogP contribution < -0.4 is 5.32 Å². The Morgan fingerprint density at radius 3 is 2.90 bits per heavy atom. The van der Waals surface area contributed by atoms with Gasteiger partial charge in [-0.15, -0.1) is 11.3 Å². The second-order valence-electron chi connectivity index (χ2n) is 6.10. The standard InChI is InChI=1S/C15H20N2O3S/c1-10-2-3-12(21-10)13-16-15(4-5-15)14(18)17(13)8-11-9-19-6-7-20-11/h2-3,11,13,16H,4-9H2,1H3. The summed E-state index contributed by atoms with van der Waals surface area (Å²) in [6.07, 6.45) is 1.88. The largest absolute Gasteiger partial charge is 0.376 e. The molecular formula is C15H20N2O3S. The van der Waals surface area contributed by atoms with Crippen molar-refractivity contribution in [2.45, 2.75) is 37.6 Å². The summed E-state index contributed by atoms with van der Waals surface area (Å²) >= 11 is 1.75. The first-order valence-electron chi connectivity index (χ1n) is 7.52. The quantitative estimate of drug-likeness (QED) is 0.918. The number of hydrogen-bond donors (Lipinski definition) is 1. The van der Waals surface area contributed by atoms with Crippen molar-refractivity contribution in [1.82, 2.24) is 10.2 Å². The van der Waals surface area contributed by atoms with Crippen LogP contribution in [-0.2, 0) is 14.3 Å². The van der Waals surface area contributed by atoms with Crippen LogP contribution in [0, 0.1) is 6.92 Å². The molecule has 5 nitrogen and oxygen atoms in total. The first-order valence-corrected chi connectivity index (χ1v) is 8.34. The van der Waals surface area contributed by atoms with Crippen LogP contribution in [0.5, 0.6) is 0 Å². The second-order valence-corrected chi connectivity index (χ2v) is 7.42. The average molecular weight is 308 g/mol. The lowest BCUT2D eigenvalue weighted by molar-refractivity contribution is -0.137. The molecule has 2 saturated heterocycles. The average Bonchev–Trinajstić information content (AvgIpc) is 3.09. The molecule has 2 atom stereocenters. The summed E-state index contributed by atoms with van der Waals surface area (Å²) < 4.78 is 11.2. The minimum atomic E-state index is -0.294. The Kier molecular flexibility index (Phi) is 3.29. The number of ether oxygens (including phenoxy) is 2. The highest BCUT2D eigenvalue weighted by atomic mass is 32.1. The third kappa shape index (κ3) is 2.40. The Morgan fingerprint density at radius 1 is 1.43 bits per heavy atom. The zero-order chi connectivity index (χ0) is 14.4. The topological polar surface area (TPSA) is 50.8 Å². The van der Waals surface area contributed by atoms with Crippen LogP contribution in [0.25, 0.3) is 0 Å². The summed E-state index contributed by atoms with van der Waals surface area (Å²) in [5.41, 5.74) is -0.294. The third-order valence-electron chi connectivity index (χ3n) is 4.46. The SMILES string of the molecule is Cc1ccc(C2NC3(CC3)C(=O)N2CC2COCCO2)s1. The molecule has 1 saturated carbocycles. The predicted octanol–water partition coefficient (Wildman–Crippen LogP) is 1.43. The molecule has 3 heterocycles. The fraction of sp³-hybridized carbons (Fsp3) is 0.667. The Balaban J connectivity index is 1.56. The Bertz CT molecular complexity index is 549. The van der Waals surface area contributed by atoms with Gasteiger partial charge in [-0.2, -0.15) is 0 Å². The Hall–Kier alpha value is -0.950. The lowest BCUT2D eigenvalue weighted by atomic mass is 10.2. The van der Waals surface area contributed by atoms with Crippen molar-refractivity contribution in [2.75, 3.05) is 26.4 Å². The summed E-state index contributed by atoms with van der Waals surface area (Å²) in [6.45, 7) is 4.55. The number of aryl methyl sites for hydroxylation is 1. The van der Waals surface area contributed by atoms with Gasteiger partial charge < -0.3 is 14.4 Å². The highest BCUT2D eigenvalue weighted by Crippen LogP contribution is 2.46. The molecule has 0 radical (unpaired) electrons. The summed E-state index contributed by atoms with van der Waals surface area (Å²) in [5.74, 6) is 0.229. The van der Waals surface area contributed by atoms with Gasteiger partial charge in [0.25, 0.3) is 0 Å². The van der Waals surface area contributed by atoms with Crippen LogP contribution in [0.2, 0.25) is 0 Å². The maximum atomic E-state index is 12.7. The van der Waals surface area contributed by atoms with Gasteiger partial charge >= 0.3 is 0 Å². The van der Waals surface area contributed by atoms with Gasteiger partial charge in [-0.05, 0) is 31.9 Å². The fourth-order valence-electron chi connectivity index (χ4n) is 3.15. The maximum Gasteiger partial charge on any atom is 0.244 e. The van der Waals surface area contributed by atoms with E-state index >= 15 is 0 Å². The number of carbonyl (C=O) groups is 1. The van der Waals surface area contributed by atoms with E-state index in [4.69, 9.17) is 9.47 Å². The van der Waals surface area contributed by atoms with E-state index in [0.717, 1.165) is 12.8 Å². The van der Waals surface area contributed by atoms with Crippen LogP contribution in [0.15, 0.2) is 12.1 Å². The number of nitrogens with zero attached hydrogens (tertiary/aromatic N) is 1. The van der Waals surface area contributed by atoms with Crippen molar-refractivity contribution in [1.29, 1.82) is 0 Å². The molecule has 114 valence electrons. The molecule has 1 amide bonds. The normalized spacial score (nSPS) is 31.1. The molecule has 1 N–H and O–H groups in total. The van der Waals surface area contributed by atoms with E-state index in [1.165, 1.54) is 9.75 Å². The molecule has 2 unspecified atom stereocenters. The van der Waals surface area contributed by atoms with Crippen LogP contribution in [0.4, 0.5) is 0 Å². The van der Waals surface area contributed by atoms with Gasteiger partial charge in [0.1, 0.15) is 11.7 Å². The van der Waals surface area contributed by atoms with Crippen LogP contribution in [0.3, 0.4) is 0 Å². The van der Waals surface area contributed by atoms with Crippen LogP contribution in [0.1, 0.15) is 28.8 Å². The molecule has 1 aliphatic carbocycles. The van der Waals surface area contributed by atoms with Gasteiger partial charge in [-0.1, -0.05) is 0 Å². The molecular weight excluding hydrogens is 288 g/mol. The first-order chi connectivity index (χ1) is 10.2. The van der Waals surface area contributed by atoms with Crippen molar-refractivity contribution in [2.24, 2.45) is 0 Å². The molecule has 3 fully saturated rings. The van der Waals surface area contributed by atoms with Gasteiger partial charge in [0, 0.05) is 9.75 Å². The smallest absolute Gasteiger partial charge is 0.244 e. The number of thiophene rings is 1. The van der Waals surface area contributed by atoms with Gasteiger partial charge in [-0.25, -0.2) is 0 Å². The van der Waals surface area contributed by atoms with Crippen LogP contribution >= 0.6 is 11.3 Å². The molecule has 21 heavy (non-hydrogen) atoms. The van der Waals surface area contributed by atoms with Crippen LogP contribution in [-0.4, -0.2) is 48.8 Å². The zero-order valence-electron chi connectivity index (χ0n) is 12.1. The number of hydrogen-bond acceptors (Lipinski definition) is 5. The van der Waals surface area contributed by atoms with Crippen molar-refractivity contribution < 1.29 is 14.3 Å². The minimum absolute atomic E-state index is 0.00998. The third-order valence-corrected chi connectivity index (χ3v) is 5.51. The highest BCUT2D eigenvalue weighted by molar-refractivity contribution is 7.12. The van der Waals surface area contributed by atoms with E-state index in [2.05, 4.69) is 24.4 Å². The zero-order valence-corrected chi connectivity index (χ0v) is 12.9. The number of rotatable bonds is 3. The molecule has 0 aromatic carbocycles. The Morgan fingerprint density at radius 2 is 2.29 bits per heavy atom. The van der Waals surface area contributed by atoms with E-state index < -0.39 is 0 Å². The number of amides is 1. The molecule has 6 heteroatoms. The first kappa shape index (κ1) is 13.7. The van der Waals surface area contributed by atoms with Crippen molar-refractivity contribution >= 4 is 17.2 Å². The molecule has 0 bridgehead atoms. The van der Waals surface area contributed by atoms with E-state index in [1.807, 2.05) is 4.90 Å². The van der Waals surface area contributed by atoms with Crippen molar-refractivity contribution in [3.05, 3.63) is 21.9 Å². The van der Waals surface area contributed by atoms with Gasteiger partial charge in [-0.3, -0.25) is 10.1 Å². The maximum absolute atomic E-state index is 12.7. The molecule has 4 rings (SSSR count). The van der Waals surface area contributed by atoms with E-state index in [0.29, 0.717) is 26.4 Å². The number of nitrogens with one attached hydrogen (secondary N) is 1. The lowest BCUT2D eigenvalue weighted by Crippen LogP contribution is -2.42. The fourth-order valence-corrected chi connectivity index (χ4v) is 4.09. The molecule has 1 aromatic heterocycles. The second kappa shape index (κ2) is 5.05. The number of carbonyl (C=O) groups excluding carboxylic acids is 1. The summed E-state index contributed by atoms with van der Waals surface area (Å²) in [5, 5.41) is 3.55. The van der Waals surface area contributed by atoms with E-state index in [1.54, 1.807) is 11.3 Å².